The number of ether oxygens (including phenoxy) is 1. The highest BCUT2D eigenvalue weighted by Gasteiger charge is 2.09. The molecule has 0 heterocycles. The van der Waals surface area contributed by atoms with Crippen molar-refractivity contribution >= 4 is 39.0 Å². The maximum Gasteiger partial charge on any atom is 0.191 e. The summed E-state index contributed by atoms with van der Waals surface area (Å²) in [5.41, 5.74) is 0. The van der Waals surface area contributed by atoms with Crippen LogP contribution < -0.4 is 15.4 Å². The van der Waals surface area contributed by atoms with Crippen LogP contribution in [0.15, 0.2) is 23.2 Å². The van der Waals surface area contributed by atoms with Crippen LogP contribution in [0, 0.1) is 0 Å². The highest BCUT2D eigenvalue weighted by Crippen LogP contribution is 2.31. The lowest BCUT2D eigenvalue weighted by atomic mass is 10.3. The molecule has 24 heavy (non-hydrogen) atoms. The van der Waals surface area contributed by atoms with Gasteiger partial charge in [-0.1, -0.05) is 29.3 Å². The van der Waals surface area contributed by atoms with Crippen molar-refractivity contribution < 1.29 is 13.2 Å². The second-order valence-electron chi connectivity index (χ2n) is 5.36. The van der Waals surface area contributed by atoms with Crippen molar-refractivity contribution in [3.05, 3.63) is 28.2 Å². The third-order valence-electron chi connectivity index (χ3n) is 3.10. The van der Waals surface area contributed by atoms with Crippen molar-refractivity contribution in [1.82, 2.24) is 10.6 Å². The molecule has 1 unspecified atom stereocenters. The summed E-state index contributed by atoms with van der Waals surface area (Å²) in [4.78, 5) is 4.09. The van der Waals surface area contributed by atoms with E-state index in [0.29, 0.717) is 41.3 Å². The molecule has 0 fully saturated rings. The van der Waals surface area contributed by atoms with Gasteiger partial charge in [-0.3, -0.25) is 4.99 Å². The number of halogens is 2. The molecule has 0 amide bonds. The Balaban J connectivity index is 2.35. The van der Waals surface area contributed by atoms with Crippen LogP contribution >= 0.6 is 23.2 Å². The highest BCUT2D eigenvalue weighted by atomic mass is 35.5. The van der Waals surface area contributed by atoms with Crippen LogP contribution in [0.4, 0.5) is 0 Å². The van der Waals surface area contributed by atoms with Gasteiger partial charge in [-0.05, 0) is 25.5 Å². The third kappa shape index (κ3) is 8.08. The normalized spacial score (nSPS) is 13.5. The van der Waals surface area contributed by atoms with Crippen LogP contribution in [0.3, 0.4) is 0 Å². The molecule has 1 rings (SSSR count). The zero-order chi connectivity index (χ0) is 18.2. The molecule has 9 heteroatoms. The molecular formula is C15H23Cl2N3O3S. The van der Waals surface area contributed by atoms with Crippen LogP contribution in [-0.2, 0) is 9.84 Å². The maximum absolute atomic E-state index is 11.2. The fourth-order valence-corrected chi connectivity index (χ4v) is 2.95. The van der Waals surface area contributed by atoms with E-state index in [4.69, 9.17) is 27.9 Å². The molecule has 0 spiro atoms. The average molecular weight is 396 g/mol. The molecule has 0 aromatic heterocycles. The Labute approximate surface area is 153 Å². The molecular weight excluding hydrogens is 373 g/mol. The Morgan fingerprint density at radius 3 is 2.71 bits per heavy atom. The van der Waals surface area contributed by atoms with Crippen molar-refractivity contribution in [2.75, 3.05) is 32.2 Å². The topological polar surface area (TPSA) is 79.8 Å². The van der Waals surface area contributed by atoms with E-state index in [-0.39, 0.29) is 11.8 Å². The van der Waals surface area contributed by atoms with E-state index in [2.05, 4.69) is 15.6 Å². The summed E-state index contributed by atoms with van der Waals surface area (Å²) in [5.74, 6) is 1.24. The third-order valence-corrected chi connectivity index (χ3v) is 4.88. The molecule has 6 nitrogen and oxygen atoms in total. The van der Waals surface area contributed by atoms with E-state index < -0.39 is 9.84 Å². The summed E-state index contributed by atoms with van der Waals surface area (Å²) in [6, 6.07) is 5.18. The lowest BCUT2D eigenvalue weighted by Crippen LogP contribution is -2.44. The minimum Gasteiger partial charge on any atom is -0.490 e. The van der Waals surface area contributed by atoms with Gasteiger partial charge in [0.2, 0.25) is 0 Å². The molecule has 0 bridgehead atoms. The molecule has 0 saturated heterocycles. The van der Waals surface area contributed by atoms with Gasteiger partial charge in [0.15, 0.2) is 5.96 Å². The molecule has 136 valence electrons. The zero-order valence-corrected chi connectivity index (χ0v) is 16.3. The first kappa shape index (κ1) is 20.9. The quantitative estimate of drug-likeness (QED) is 0.401. The Morgan fingerprint density at radius 2 is 2.08 bits per heavy atom. The maximum atomic E-state index is 11.2. The van der Waals surface area contributed by atoms with Gasteiger partial charge in [0.05, 0.1) is 17.3 Å². The van der Waals surface area contributed by atoms with Gasteiger partial charge in [0.25, 0.3) is 0 Å². The van der Waals surface area contributed by atoms with Gasteiger partial charge >= 0.3 is 0 Å². The lowest BCUT2D eigenvalue weighted by molar-refractivity contribution is 0.322. The van der Waals surface area contributed by atoms with Gasteiger partial charge in [-0.15, -0.1) is 0 Å². The SMILES string of the molecule is CN=C(NCCOc1cccc(Cl)c1Cl)NC(C)CCS(C)(=O)=O. The molecule has 2 N–H and O–H groups in total. The predicted octanol–water partition coefficient (Wildman–Crippen LogP) is 2.36. The molecule has 0 aliphatic heterocycles. The molecule has 0 aliphatic rings. The standard InChI is InChI=1S/C15H23Cl2N3O3S/c1-11(7-10-24(3,21)22)20-15(18-2)19-8-9-23-13-6-4-5-12(16)14(13)17/h4-6,11H,7-10H2,1-3H3,(H2,18,19,20). The monoisotopic (exact) mass is 395 g/mol. The van der Waals surface area contributed by atoms with Crippen molar-refractivity contribution in [2.45, 2.75) is 19.4 Å². The molecule has 0 aliphatic carbocycles. The molecule has 0 saturated carbocycles. The Morgan fingerprint density at radius 1 is 1.38 bits per heavy atom. The van der Waals surface area contributed by atoms with Crippen LogP contribution in [0.5, 0.6) is 5.75 Å². The van der Waals surface area contributed by atoms with Crippen molar-refractivity contribution in [2.24, 2.45) is 4.99 Å². The average Bonchev–Trinajstić information content (AvgIpc) is 2.51. The summed E-state index contributed by atoms with van der Waals surface area (Å²) in [6.07, 6.45) is 1.74. The fraction of sp³-hybridized carbons (Fsp3) is 0.533. The van der Waals surface area contributed by atoms with Gasteiger partial charge in [-0.2, -0.15) is 0 Å². The molecule has 1 aromatic carbocycles. The summed E-state index contributed by atoms with van der Waals surface area (Å²) < 4.78 is 27.9. The van der Waals surface area contributed by atoms with E-state index in [0.717, 1.165) is 0 Å². The summed E-state index contributed by atoms with van der Waals surface area (Å²) in [7, 11) is -1.32. The van der Waals surface area contributed by atoms with Crippen LogP contribution in [0.2, 0.25) is 10.0 Å². The van der Waals surface area contributed by atoms with Crippen molar-refractivity contribution in [1.29, 1.82) is 0 Å². The number of hydrogen-bond acceptors (Lipinski definition) is 4. The fourth-order valence-electron chi connectivity index (χ4n) is 1.82. The van der Waals surface area contributed by atoms with Gasteiger partial charge < -0.3 is 15.4 Å². The number of aliphatic imine (C=N–C) groups is 1. The number of nitrogens with zero attached hydrogens (tertiary/aromatic N) is 1. The first-order valence-electron chi connectivity index (χ1n) is 7.44. The number of hydrogen-bond donors (Lipinski definition) is 2. The van der Waals surface area contributed by atoms with E-state index >= 15 is 0 Å². The summed E-state index contributed by atoms with van der Waals surface area (Å²) >= 11 is 12.0. The number of sulfone groups is 1. The largest absolute Gasteiger partial charge is 0.490 e. The van der Waals surface area contributed by atoms with Crippen LogP contribution in [0.1, 0.15) is 13.3 Å². The van der Waals surface area contributed by atoms with Crippen molar-refractivity contribution in [3.63, 3.8) is 0 Å². The molecule has 1 aromatic rings. The first-order valence-corrected chi connectivity index (χ1v) is 10.3. The van der Waals surface area contributed by atoms with Crippen molar-refractivity contribution in [3.8, 4) is 5.75 Å². The van der Waals surface area contributed by atoms with Gasteiger partial charge in [0.1, 0.15) is 27.2 Å². The molecule has 0 radical (unpaired) electrons. The predicted molar refractivity (Wildman–Crippen MR) is 100 cm³/mol. The van der Waals surface area contributed by atoms with Crippen LogP contribution in [-0.4, -0.2) is 52.6 Å². The second kappa shape index (κ2) is 9.96. The number of rotatable bonds is 8. The summed E-state index contributed by atoms with van der Waals surface area (Å²) in [5, 5.41) is 7.05. The summed E-state index contributed by atoms with van der Waals surface area (Å²) in [6.45, 7) is 2.78. The smallest absolute Gasteiger partial charge is 0.191 e. The van der Waals surface area contributed by atoms with Gasteiger partial charge in [0, 0.05) is 19.3 Å². The number of benzene rings is 1. The van der Waals surface area contributed by atoms with E-state index in [9.17, 15) is 8.42 Å². The highest BCUT2D eigenvalue weighted by molar-refractivity contribution is 7.90. The molecule has 1 atom stereocenters. The van der Waals surface area contributed by atoms with E-state index in [1.54, 1.807) is 25.2 Å². The lowest BCUT2D eigenvalue weighted by Gasteiger charge is -2.18. The minimum atomic E-state index is -2.96. The Kier molecular flexibility index (Phi) is 8.66. The zero-order valence-electron chi connectivity index (χ0n) is 14.0. The Bertz CT molecular complexity index is 666. The number of nitrogens with one attached hydrogen (secondary N) is 2. The Hall–Kier alpha value is -1.18. The van der Waals surface area contributed by atoms with Crippen LogP contribution in [0.25, 0.3) is 0 Å². The minimum absolute atomic E-state index is 0.0192. The second-order valence-corrected chi connectivity index (χ2v) is 8.41. The number of guanidine groups is 1. The van der Waals surface area contributed by atoms with Gasteiger partial charge in [-0.25, -0.2) is 8.42 Å². The first-order chi connectivity index (χ1) is 11.2. The van der Waals surface area contributed by atoms with E-state index in [1.807, 2.05) is 6.92 Å². The van der Waals surface area contributed by atoms with E-state index in [1.165, 1.54) is 6.26 Å².